The van der Waals surface area contributed by atoms with E-state index in [-0.39, 0.29) is 18.1 Å². The van der Waals surface area contributed by atoms with Gasteiger partial charge in [0.1, 0.15) is 5.78 Å². The molecule has 0 saturated heterocycles. The number of hydrogen-bond acceptors (Lipinski definition) is 5. The summed E-state index contributed by atoms with van der Waals surface area (Å²) in [6, 6.07) is 3.65. The van der Waals surface area contributed by atoms with Crippen molar-refractivity contribution in [1.82, 2.24) is 19.7 Å². The third kappa shape index (κ3) is 7.54. The molecule has 1 fully saturated rings. The zero-order chi connectivity index (χ0) is 25.7. The van der Waals surface area contributed by atoms with Crippen LogP contribution >= 0.6 is 0 Å². The maximum Gasteiger partial charge on any atom is 0.278 e. The van der Waals surface area contributed by atoms with Gasteiger partial charge in [0.25, 0.3) is 5.92 Å². The van der Waals surface area contributed by atoms with Gasteiger partial charge in [-0.15, -0.1) is 0 Å². The van der Waals surface area contributed by atoms with Crippen LogP contribution in [-0.2, 0) is 31.1 Å². The standard InChI is InChI=1S/C27H37F3N4O2/c1-27(29,30)18-36-25-8-7-21-10-13-34(14-11-24(21)32-25)12-9-19-3-5-20(6-4-19)15-23(35)16-22-17-31-33(2)26(22)28/h7-8,17,19-20H,3-6,9-16,18H2,1-2H3. The molecule has 4 rings (SSSR count). The first-order valence-electron chi connectivity index (χ1n) is 13.1. The van der Waals surface area contributed by atoms with Gasteiger partial charge < -0.3 is 9.64 Å². The molecule has 0 aromatic carbocycles. The second-order valence-electron chi connectivity index (χ2n) is 10.6. The van der Waals surface area contributed by atoms with Gasteiger partial charge in [-0.25, -0.2) is 18.4 Å². The number of pyridine rings is 1. The molecule has 6 nitrogen and oxygen atoms in total. The number of aryl methyl sites for hydroxylation is 1. The van der Waals surface area contributed by atoms with Crippen molar-refractivity contribution in [2.45, 2.75) is 70.6 Å². The molecule has 0 unspecified atom stereocenters. The normalized spacial score (nSPS) is 21.1. The predicted octanol–water partition coefficient (Wildman–Crippen LogP) is 4.79. The largest absolute Gasteiger partial charge is 0.471 e. The van der Waals surface area contributed by atoms with E-state index in [1.165, 1.54) is 18.8 Å². The highest BCUT2D eigenvalue weighted by molar-refractivity contribution is 5.81. The smallest absolute Gasteiger partial charge is 0.278 e. The van der Waals surface area contributed by atoms with Gasteiger partial charge in [-0.2, -0.15) is 9.49 Å². The van der Waals surface area contributed by atoms with Crippen molar-refractivity contribution in [3.05, 3.63) is 41.1 Å². The molecule has 1 saturated carbocycles. The molecule has 2 aromatic rings. The third-order valence-electron chi connectivity index (χ3n) is 7.54. The van der Waals surface area contributed by atoms with Crippen molar-refractivity contribution >= 4 is 5.78 Å². The molecular formula is C27H37F3N4O2. The van der Waals surface area contributed by atoms with E-state index < -0.39 is 18.5 Å². The molecule has 0 atom stereocenters. The number of hydrogen-bond donors (Lipinski definition) is 0. The molecule has 198 valence electrons. The first-order chi connectivity index (χ1) is 17.2. The van der Waals surface area contributed by atoms with Crippen LogP contribution in [0.5, 0.6) is 5.88 Å². The van der Waals surface area contributed by atoms with E-state index in [2.05, 4.69) is 15.0 Å². The first kappa shape index (κ1) is 26.6. The number of Topliss-reactive ketones (excluding diaryl/α,β-unsaturated/α-hetero) is 1. The van der Waals surface area contributed by atoms with Crippen molar-refractivity contribution in [3.63, 3.8) is 0 Å². The van der Waals surface area contributed by atoms with Crippen LogP contribution < -0.4 is 4.74 Å². The van der Waals surface area contributed by atoms with E-state index in [4.69, 9.17) is 4.74 Å². The summed E-state index contributed by atoms with van der Waals surface area (Å²) < 4.78 is 46.4. The van der Waals surface area contributed by atoms with Crippen LogP contribution in [-0.4, -0.2) is 57.6 Å². The Bertz CT molecular complexity index is 1030. The fraction of sp³-hybridized carbons (Fsp3) is 0.667. The van der Waals surface area contributed by atoms with Crippen LogP contribution in [0.2, 0.25) is 0 Å². The van der Waals surface area contributed by atoms with Crippen LogP contribution in [0, 0.1) is 17.8 Å². The van der Waals surface area contributed by atoms with Gasteiger partial charge in [0.05, 0.1) is 6.20 Å². The maximum atomic E-state index is 13.9. The number of carbonyl (C=O) groups is 1. The third-order valence-corrected chi connectivity index (χ3v) is 7.54. The number of rotatable bonds is 10. The Morgan fingerprint density at radius 1 is 1.14 bits per heavy atom. The first-order valence-corrected chi connectivity index (χ1v) is 13.1. The molecule has 0 bridgehead atoms. The van der Waals surface area contributed by atoms with E-state index in [0.717, 1.165) is 81.9 Å². The molecular weight excluding hydrogens is 469 g/mol. The minimum absolute atomic E-state index is 0.0973. The van der Waals surface area contributed by atoms with Gasteiger partial charge in [0, 0.05) is 63.6 Å². The van der Waals surface area contributed by atoms with Crippen molar-refractivity contribution in [1.29, 1.82) is 0 Å². The summed E-state index contributed by atoms with van der Waals surface area (Å²) in [6.07, 6.45) is 9.33. The summed E-state index contributed by atoms with van der Waals surface area (Å²) in [6.45, 7) is 3.09. The van der Waals surface area contributed by atoms with Crippen LogP contribution in [0.1, 0.15) is 62.3 Å². The fourth-order valence-corrected chi connectivity index (χ4v) is 5.40. The number of ether oxygens (including phenoxy) is 1. The predicted molar refractivity (Wildman–Crippen MR) is 131 cm³/mol. The molecule has 0 spiro atoms. The van der Waals surface area contributed by atoms with Crippen molar-refractivity contribution in [3.8, 4) is 5.88 Å². The molecule has 0 amide bonds. The second kappa shape index (κ2) is 11.8. The SMILES string of the molecule is Cn1ncc(CC(=O)CC2CCC(CCN3CCc4ccc(OCC(C)(F)F)nc4CC3)CC2)c1F. The van der Waals surface area contributed by atoms with Crippen LogP contribution in [0.25, 0.3) is 0 Å². The summed E-state index contributed by atoms with van der Waals surface area (Å²) in [7, 11) is 1.54. The van der Waals surface area contributed by atoms with E-state index in [1.54, 1.807) is 6.07 Å². The summed E-state index contributed by atoms with van der Waals surface area (Å²) in [5.74, 6) is -1.86. The lowest BCUT2D eigenvalue weighted by Crippen LogP contribution is -2.29. The number of fused-ring (bicyclic) bond motifs is 1. The van der Waals surface area contributed by atoms with Gasteiger partial charge in [0.2, 0.25) is 11.8 Å². The monoisotopic (exact) mass is 506 g/mol. The number of carbonyl (C=O) groups excluding carboxylic acids is 1. The van der Waals surface area contributed by atoms with Gasteiger partial charge in [-0.1, -0.05) is 18.9 Å². The van der Waals surface area contributed by atoms with E-state index in [9.17, 15) is 18.0 Å². The number of aromatic nitrogens is 3. The Hall–Kier alpha value is -2.42. The molecule has 3 heterocycles. The summed E-state index contributed by atoms with van der Waals surface area (Å²) >= 11 is 0. The average Bonchev–Trinajstić information content (AvgIpc) is 3.03. The van der Waals surface area contributed by atoms with Crippen LogP contribution in [0.4, 0.5) is 13.2 Å². The average molecular weight is 507 g/mol. The lowest BCUT2D eigenvalue weighted by Gasteiger charge is -2.30. The van der Waals surface area contributed by atoms with Crippen molar-refractivity contribution < 1.29 is 22.7 Å². The summed E-state index contributed by atoms with van der Waals surface area (Å²) in [5, 5.41) is 3.87. The van der Waals surface area contributed by atoms with E-state index >= 15 is 0 Å². The minimum atomic E-state index is -2.88. The van der Waals surface area contributed by atoms with Crippen molar-refractivity contribution in [2.75, 3.05) is 26.2 Å². The fourth-order valence-electron chi connectivity index (χ4n) is 5.40. The van der Waals surface area contributed by atoms with E-state index in [1.807, 2.05) is 6.07 Å². The highest BCUT2D eigenvalue weighted by Gasteiger charge is 2.25. The highest BCUT2D eigenvalue weighted by Crippen LogP contribution is 2.33. The summed E-state index contributed by atoms with van der Waals surface area (Å²) in [5.41, 5.74) is 2.51. The molecule has 36 heavy (non-hydrogen) atoms. The highest BCUT2D eigenvalue weighted by atomic mass is 19.3. The molecule has 2 aliphatic rings. The van der Waals surface area contributed by atoms with Gasteiger partial charge in [-0.3, -0.25) is 4.79 Å². The number of halogens is 3. The molecule has 2 aromatic heterocycles. The zero-order valence-electron chi connectivity index (χ0n) is 21.3. The van der Waals surface area contributed by atoms with Gasteiger partial charge in [0.15, 0.2) is 6.61 Å². The number of ketones is 1. The number of alkyl halides is 2. The quantitative estimate of drug-likeness (QED) is 0.464. The zero-order valence-corrected chi connectivity index (χ0v) is 21.3. The second-order valence-corrected chi connectivity index (χ2v) is 10.6. The topological polar surface area (TPSA) is 60.2 Å². The number of nitrogens with zero attached hydrogens (tertiary/aromatic N) is 4. The van der Waals surface area contributed by atoms with Crippen molar-refractivity contribution in [2.24, 2.45) is 18.9 Å². The molecule has 1 aliphatic heterocycles. The molecule has 0 N–H and O–H groups in total. The Balaban J connectivity index is 1.16. The lowest BCUT2D eigenvalue weighted by atomic mass is 9.78. The summed E-state index contributed by atoms with van der Waals surface area (Å²) in [4.78, 5) is 19.4. The maximum absolute atomic E-state index is 13.9. The van der Waals surface area contributed by atoms with Crippen LogP contribution in [0.3, 0.4) is 0 Å². The molecule has 0 radical (unpaired) electrons. The van der Waals surface area contributed by atoms with E-state index in [0.29, 0.717) is 23.8 Å². The minimum Gasteiger partial charge on any atom is -0.471 e. The molecule has 1 aliphatic carbocycles. The molecule has 9 heteroatoms. The van der Waals surface area contributed by atoms with Gasteiger partial charge in [-0.05, 0) is 49.6 Å². The van der Waals surface area contributed by atoms with Gasteiger partial charge >= 0.3 is 0 Å². The Kier molecular flexibility index (Phi) is 8.70. The Morgan fingerprint density at radius 3 is 2.56 bits per heavy atom. The lowest BCUT2D eigenvalue weighted by molar-refractivity contribution is -0.119. The Labute approximate surface area is 211 Å². The Morgan fingerprint density at radius 2 is 1.86 bits per heavy atom. The van der Waals surface area contributed by atoms with Crippen LogP contribution in [0.15, 0.2) is 18.3 Å².